The Morgan fingerprint density at radius 3 is 2.22 bits per heavy atom. The van der Waals surface area contributed by atoms with Crippen LogP contribution in [0.4, 0.5) is 11.4 Å². The summed E-state index contributed by atoms with van der Waals surface area (Å²) in [6.45, 7) is 4.38. The number of rotatable bonds is 5. The molecule has 0 saturated heterocycles. The molecule has 2 aromatic rings. The van der Waals surface area contributed by atoms with Crippen LogP contribution in [0.2, 0.25) is 0 Å². The van der Waals surface area contributed by atoms with Gasteiger partial charge in [0.15, 0.2) is 11.5 Å². The number of thiophene rings is 1. The highest BCUT2D eigenvalue weighted by Crippen LogP contribution is 2.39. The van der Waals surface area contributed by atoms with Crippen molar-refractivity contribution in [1.82, 2.24) is 0 Å². The molecule has 0 saturated carbocycles. The summed E-state index contributed by atoms with van der Waals surface area (Å²) < 4.78 is 11.1. The highest BCUT2D eigenvalue weighted by molar-refractivity contribution is 7.12. The fraction of sp³-hybridized carbons (Fsp3) is 0.333. The van der Waals surface area contributed by atoms with Crippen molar-refractivity contribution < 1.29 is 19.1 Å². The maximum absolute atomic E-state index is 12.4. The molecular weight excluding hydrogens is 390 g/mol. The van der Waals surface area contributed by atoms with Gasteiger partial charge in [0.25, 0.3) is 5.91 Å². The largest absolute Gasteiger partial charge is 0.486 e. The first-order valence-corrected chi connectivity index (χ1v) is 9.18. The van der Waals surface area contributed by atoms with E-state index in [-0.39, 0.29) is 36.2 Å². The van der Waals surface area contributed by atoms with Crippen molar-refractivity contribution >= 4 is 46.9 Å². The third-order valence-corrected chi connectivity index (χ3v) is 5.00. The number of carbonyl (C=O) groups is 2. The van der Waals surface area contributed by atoms with Crippen LogP contribution in [0.25, 0.3) is 0 Å². The van der Waals surface area contributed by atoms with E-state index in [1.165, 1.54) is 11.3 Å². The number of anilines is 2. The summed E-state index contributed by atoms with van der Waals surface area (Å²) in [7, 11) is 0. The first kappa shape index (κ1) is 21.0. The summed E-state index contributed by atoms with van der Waals surface area (Å²) in [6.07, 6.45) is 0. The lowest BCUT2D eigenvalue weighted by Crippen LogP contribution is -2.34. The van der Waals surface area contributed by atoms with Crippen molar-refractivity contribution in [3.63, 3.8) is 0 Å². The van der Waals surface area contributed by atoms with Crippen LogP contribution in [0.5, 0.6) is 11.5 Å². The van der Waals surface area contributed by atoms with Gasteiger partial charge in [-0.1, -0.05) is 13.0 Å². The molecule has 1 aromatic carbocycles. The van der Waals surface area contributed by atoms with E-state index < -0.39 is 0 Å². The van der Waals surface area contributed by atoms with E-state index in [4.69, 9.17) is 15.2 Å². The lowest BCUT2D eigenvalue weighted by molar-refractivity contribution is -0.119. The molecule has 1 aromatic heterocycles. The number of carbonyl (C=O) groups excluding carboxylic acids is 2. The Morgan fingerprint density at radius 2 is 1.70 bits per heavy atom. The topological polar surface area (TPSA) is 103 Å². The average molecular weight is 412 g/mol. The number of halogens is 1. The summed E-state index contributed by atoms with van der Waals surface area (Å²) in [6, 6.07) is 6.55. The van der Waals surface area contributed by atoms with E-state index >= 15 is 0 Å². The van der Waals surface area contributed by atoms with Crippen molar-refractivity contribution in [3.05, 3.63) is 34.5 Å². The number of hydrogen-bond donors (Lipinski definition) is 3. The fourth-order valence-corrected chi connectivity index (χ4v) is 2.99. The molecule has 2 unspecified atom stereocenters. The first-order chi connectivity index (χ1) is 12.5. The molecular formula is C18H22ClN3O4S. The molecule has 1 aliphatic rings. The van der Waals surface area contributed by atoms with Gasteiger partial charge in [-0.05, 0) is 18.4 Å². The van der Waals surface area contributed by atoms with Gasteiger partial charge < -0.3 is 25.8 Å². The second kappa shape index (κ2) is 9.07. The van der Waals surface area contributed by atoms with Crippen LogP contribution in [-0.4, -0.2) is 31.1 Å². The molecule has 4 N–H and O–H groups in total. The first-order valence-electron chi connectivity index (χ1n) is 8.30. The van der Waals surface area contributed by atoms with Gasteiger partial charge >= 0.3 is 0 Å². The second-order valence-corrected chi connectivity index (χ2v) is 7.06. The van der Waals surface area contributed by atoms with Crippen molar-refractivity contribution in [2.75, 3.05) is 23.8 Å². The summed E-state index contributed by atoms with van der Waals surface area (Å²) in [5.41, 5.74) is 6.69. The van der Waals surface area contributed by atoms with Crippen LogP contribution < -0.4 is 25.8 Å². The number of amides is 2. The lowest BCUT2D eigenvalue weighted by atomic mass is 10.0. The summed E-state index contributed by atoms with van der Waals surface area (Å²) in [5, 5.41) is 7.48. The minimum absolute atomic E-state index is 0. The SMILES string of the molecule is CC(N)C(C)C(=O)Nc1cc2c(cc1NC(=O)c1cccs1)OCCO2.Cl. The third kappa shape index (κ3) is 4.91. The van der Waals surface area contributed by atoms with E-state index in [0.717, 1.165) is 0 Å². The zero-order valence-electron chi connectivity index (χ0n) is 15.0. The summed E-state index contributed by atoms with van der Waals surface area (Å²) in [4.78, 5) is 25.4. The molecule has 0 spiro atoms. The Morgan fingerprint density at radius 1 is 1.11 bits per heavy atom. The molecule has 7 nitrogen and oxygen atoms in total. The minimum atomic E-state index is -0.385. The highest BCUT2D eigenvalue weighted by Gasteiger charge is 2.22. The predicted octanol–water partition coefficient (Wildman–Crippen LogP) is 3.12. The van der Waals surface area contributed by atoms with Gasteiger partial charge in [0, 0.05) is 18.2 Å². The zero-order valence-corrected chi connectivity index (χ0v) is 16.6. The third-order valence-electron chi connectivity index (χ3n) is 4.14. The molecule has 9 heteroatoms. The monoisotopic (exact) mass is 411 g/mol. The minimum Gasteiger partial charge on any atom is -0.486 e. The van der Waals surface area contributed by atoms with Crippen LogP contribution in [-0.2, 0) is 4.79 Å². The van der Waals surface area contributed by atoms with Gasteiger partial charge in [-0.2, -0.15) is 0 Å². The van der Waals surface area contributed by atoms with Gasteiger partial charge in [0.2, 0.25) is 5.91 Å². The molecule has 2 atom stereocenters. The molecule has 2 heterocycles. The summed E-state index contributed by atoms with van der Waals surface area (Å²) in [5.74, 6) is 0.171. The van der Waals surface area contributed by atoms with Crippen LogP contribution >= 0.6 is 23.7 Å². The molecule has 3 rings (SSSR count). The Labute approximate surface area is 167 Å². The predicted molar refractivity (Wildman–Crippen MR) is 108 cm³/mol. The Kier molecular flexibility index (Phi) is 7.06. The van der Waals surface area contributed by atoms with Crippen LogP contribution in [0.15, 0.2) is 29.6 Å². The van der Waals surface area contributed by atoms with Gasteiger partial charge in [-0.15, -0.1) is 23.7 Å². The van der Waals surface area contributed by atoms with Crippen molar-refractivity contribution in [2.24, 2.45) is 11.7 Å². The standard InChI is InChI=1S/C18H21N3O4S.ClH/c1-10(11(2)19)17(22)20-12-8-14-15(25-6-5-24-14)9-13(12)21-18(23)16-4-3-7-26-16;/h3-4,7-11H,5-6,19H2,1-2H3,(H,20,22)(H,21,23);1H. The Hall–Kier alpha value is -2.29. The number of fused-ring (bicyclic) bond motifs is 1. The number of ether oxygens (including phenoxy) is 2. The van der Waals surface area contributed by atoms with E-state index in [0.29, 0.717) is 41.0 Å². The molecule has 0 radical (unpaired) electrons. The van der Waals surface area contributed by atoms with E-state index in [1.54, 1.807) is 38.1 Å². The molecule has 0 fully saturated rings. The average Bonchev–Trinajstić information content (AvgIpc) is 3.16. The molecule has 2 amide bonds. The summed E-state index contributed by atoms with van der Waals surface area (Å²) >= 11 is 1.34. The maximum atomic E-state index is 12.4. The molecule has 0 aliphatic carbocycles. The number of nitrogens with two attached hydrogens (primary N) is 1. The van der Waals surface area contributed by atoms with E-state index in [1.807, 2.05) is 5.38 Å². The van der Waals surface area contributed by atoms with E-state index in [2.05, 4.69) is 10.6 Å². The van der Waals surface area contributed by atoms with E-state index in [9.17, 15) is 9.59 Å². The van der Waals surface area contributed by atoms with Crippen molar-refractivity contribution in [1.29, 1.82) is 0 Å². The van der Waals surface area contributed by atoms with Gasteiger partial charge in [0.1, 0.15) is 13.2 Å². The van der Waals surface area contributed by atoms with Gasteiger partial charge in [-0.3, -0.25) is 9.59 Å². The number of nitrogens with one attached hydrogen (secondary N) is 2. The molecule has 0 bridgehead atoms. The zero-order chi connectivity index (χ0) is 18.7. The van der Waals surface area contributed by atoms with Crippen LogP contribution in [0, 0.1) is 5.92 Å². The maximum Gasteiger partial charge on any atom is 0.265 e. The van der Waals surface area contributed by atoms with Crippen LogP contribution in [0.1, 0.15) is 23.5 Å². The molecule has 1 aliphatic heterocycles. The van der Waals surface area contributed by atoms with Gasteiger partial charge in [0.05, 0.1) is 22.2 Å². The molecule has 27 heavy (non-hydrogen) atoms. The number of hydrogen-bond acceptors (Lipinski definition) is 6. The quantitative estimate of drug-likeness (QED) is 0.701. The lowest BCUT2D eigenvalue weighted by Gasteiger charge is -2.22. The van der Waals surface area contributed by atoms with Crippen molar-refractivity contribution in [3.8, 4) is 11.5 Å². The Bertz CT molecular complexity index is 811. The van der Waals surface area contributed by atoms with Gasteiger partial charge in [-0.25, -0.2) is 0 Å². The van der Waals surface area contributed by atoms with Crippen molar-refractivity contribution in [2.45, 2.75) is 19.9 Å². The Balaban J connectivity index is 0.00000261. The normalized spacial score (nSPS) is 14.5. The van der Waals surface area contributed by atoms with Crippen LogP contribution in [0.3, 0.4) is 0 Å². The second-order valence-electron chi connectivity index (χ2n) is 6.11. The highest BCUT2D eigenvalue weighted by atomic mass is 35.5. The smallest absolute Gasteiger partial charge is 0.265 e. The molecule has 146 valence electrons. The number of benzene rings is 1. The fourth-order valence-electron chi connectivity index (χ4n) is 2.37.